The summed E-state index contributed by atoms with van der Waals surface area (Å²) >= 11 is 1.43. The first-order valence-corrected chi connectivity index (χ1v) is 6.91. The lowest BCUT2D eigenvalue weighted by molar-refractivity contribution is -0.141. The Hall–Kier alpha value is -1.36. The predicted octanol–water partition coefficient (Wildman–Crippen LogP) is 2.13. The van der Waals surface area contributed by atoms with Crippen LogP contribution >= 0.6 is 11.3 Å². The van der Waals surface area contributed by atoms with Crippen LogP contribution in [0, 0.1) is 12.8 Å². The molecule has 1 aromatic rings. The van der Waals surface area contributed by atoms with Crippen molar-refractivity contribution in [2.45, 2.75) is 32.2 Å². The first kappa shape index (κ1) is 13.1. The molecule has 4 nitrogen and oxygen atoms in total. The molecule has 98 valence electrons. The minimum Gasteiger partial charge on any atom is -0.469 e. The van der Waals surface area contributed by atoms with Gasteiger partial charge in [-0.3, -0.25) is 9.59 Å². The van der Waals surface area contributed by atoms with Gasteiger partial charge in [-0.2, -0.15) is 0 Å². The summed E-state index contributed by atoms with van der Waals surface area (Å²) in [5.74, 6) is 0.0757. The van der Waals surface area contributed by atoms with Gasteiger partial charge in [-0.15, -0.1) is 11.3 Å². The van der Waals surface area contributed by atoms with E-state index in [0.717, 1.165) is 23.3 Å². The first-order valence-electron chi connectivity index (χ1n) is 6.03. The maximum atomic E-state index is 12.1. The van der Waals surface area contributed by atoms with E-state index in [1.54, 1.807) is 0 Å². The maximum absolute atomic E-state index is 12.1. The number of carbonyl (C=O) groups excluding carboxylic acids is 2. The lowest BCUT2D eigenvalue weighted by Crippen LogP contribution is -2.38. The monoisotopic (exact) mass is 267 g/mol. The highest BCUT2D eigenvalue weighted by Gasteiger charge is 2.34. The Morgan fingerprint density at radius 1 is 1.56 bits per heavy atom. The second-order valence-corrected chi connectivity index (χ2v) is 5.55. The average Bonchev–Trinajstić information content (AvgIpc) is 3.10. The van der Waals surface area contributed by atoms with Crippen molar-refractivity contribution in [2.75, 3.05) is 7.11 Å². The van der Waals surface area contributed by atoms with Gasteiger partial charge in [0, 0.05) is 6.04 Å². The standard InChI is InChI=1S/C13H17NO3S/c1-8-5-6-18-12(8)13(16)14-10(9-3-4-9)7-11(15)17-2/h5-6,9-10H,3-4,7H2,1-2H3,(H,14,16). The van der Waals surface area contributed by atoms with E-state index >= 15 is 0 Å². The van der Waals surface area contributed by atoms with Gasteiger partial charge >= 0.3 is 5.97 Å². The molecule has 0 spiro atoms. The van der Waals surface area contributed by atoms with Crippen LogP contribution in [0.3, 0.4) is 0 Å². The average molecular weight is 267 g/mol. The molecule has 0 saturated heterocycles. The van der Waals surface area contributed by atoms with Crippen molar-refractivity contribution in [2.24, 2.45) is 5.92 Å². The van der Waals surface area contributed by atoms with E-state index in [9.17, 15) is 9.59 Å². The SMILES string of the molecule is COC(=O)CC(NC(=O)c1sccc1C)C1CC1. The minimum atomic E-state index is -0.268. The second kappa shape index (κ2) is 5.52. The van der Waals surface area contributed by atoms with E-state index in [4.69, 9.17) is 0 Å². The van der Waals surface area contributed by atoms with E-state index in [1.165, 1.54) is 18.4 Å². The number of hydrogen-bond acceptors (Lipinski definition) is 4. The molecular formula is C13H17NO3S. The summed E-state index contributed by atoms with van der Waals surface area (Å²) in [5.41, 5.74) is 0.977. The number of aryl methyl sites for hydroxylation is 1. The Labute approximate surface area is 110 Å². The van der Waals surface area contributed by atoms with Crippen molar-refractivity contribution in [3.8, 4) is 0 Å². The number of methoxy groups -OCH3 is 1. The molecular weight excluding hydrogens is 250 g/mol. The number of hydrogen-bond donors (Lipinski definition) is 1. The predicted molar refractivity (Wildman–Crippen MR) is 69.7 cm³/mol. The van der Waals surface area contributed by atoms with E-state index in [2.05, 4.69) is 10.1 Å². The largest absolute Gasteiger partial charge is 0.469 e. The Morgan fingerprint density at radius 2 is 2.28 bits per heavy atom. The zero-order chi connectivity index (χ0) is 13.1. The van der Waals surface area contributed by atoms with Crippen LogP contribution < -0.4 is 5.32 Å². The van der Waals surface area contributed by atoms with Gasteiger partial charge in [-0.25, -0.2) is 0 Å². The summed E-state index contributed by atoms with van der Waals surface area (Å²) in [6, 6.07) is 1.83. The quantitative estimate of drug-likeness (QED) is 0.831. The van der Waals surface area contributed by atoms with E-state index in [1.807, 2.05) is 18.4 Å². The molecule has 2 rings (SSSR count). The zero-order valence-electron chi connectivity index (χ0n) is 10.6. The lowest BCUT2D eigenvalue weighted by atomic mass is 10.1. The highest BCUT2D eigenvalue weighted by atomic mass is 32.1. The minimum absolute atomic E-state index is 0.0803. The number of carbonyl (C=O) groups is 2. The van der Waals surface area contributed by atoms with E-state index in [0.29, 0.717) is 5.92 Å². The topological polar surface area (TPSA) is 55.4 Å². The third kappa shape index (κ3) is 3.10. The van der Waals surface area contributed by atoms with Gasteiger partial charge in [0.25, 0.3) is 5.91 Å². The maximum Gasteiger partial charge on any atom is 0.307 e. The molecule has 1 aliphatic rings. The Bertz CT molecular complexity index is 451. The van der Waals surface area contributed by atoms with Crippen LogP contribution in [0.25, 0.3) is 0 Å². The van der Waals surface area contributed by atoms with Crippen LogP contribution in [-0.4, -0.2) is 25.0 Å². The van der Waals surface area contributed by atoms with Crippen LogP contribution in [0.5, 0.6) is 0 Å². The van der Waals surface area contributed by atoms with E-state index < -0.39 is 0 Å². The van der Waals surface area contributed by atoms with Crippen LogP contribution in [0.1, 0.15) is 34.5 Å². The van der Waals surface area contributed by atoms with Crippen LogP contribution in [0.15, 0.2) is 11.4 Å². The van der Waals surface area contributed by atoms with Gasteiger partial charge in [-0.1, -0.05) is 0 Å². The molecule has 1 unspecified atom stereocenters. The fourth-order valence-electron chi connectivity index (χ4n) is 1.94. The zero-order valence-corrected chi connectivity index (χ0v) is 11.4. The van der Waals surface area contributed by atoms with Crippen molar-refractivity contribution in [1.29, 1.82) is 0 Å². The van der Waals surface area contributed by atoms with Crippen LogP contribution in [-0.2, 0) is 9.53 Å². The summed E-state index contributed by atoms with van der Waals surface area (Å²) < 4.78 is 4.67. The molecule has 1 saturated carbocycles. The number of rotatable bonds is 5. The molecule has 5 heteroatoms. The highest BCUT2D eigenvalue weighted by molar-refractivity contribution is 7.12. The van der Waals surface area contributed by atoms with Crippen molar-refractivity contribution in [1.82, 2.24) is 5.32 Å². The van der Waals surface area contributed by atoms with Gasteiger partial charge < -0.3 is 10.1 Å². The molecule has 1 aromatic heterocycles. The van der Waals surface area contributed by atoms with Crippen molar-refractivity contribution in [3.05, 3.63) is 21.9 Å². The highest BCUT2D eigenvalue weighted by Crippen LogP contribution is 2.34. The first-order chi connectivity index (χ1) is 8.61. The third-order valence-corrected chi connectivity index (χ3v) is 4.21. The lowest BCUT2D eigenvalue weighted by Gasteiger charge is -2.16. The Balaban J connectivity index is 1.98. The second-order valence-electron chi connectivity index (χ2n) is 4.63. The fraction of sp³-hybridized carbons (Fsp3) is 0.538. The number of nitrogens with one attached hydrogen (secondary N) is 1. The van der Waals surface area contributed by atoms with Gasteiger partial charge in [0.05, 0.1) is 18.4 Å². The number of ether oxygens (including phenoxy) is 1. The summed E-state index contributed by atoms with van der Waals surface area (Å²) in [7, 11) is 1.37. The molecule has 1 atom stereocenters. The molecule has 18 heavy (non-hydrogen) atoms. The smallest absolute Gasteiger partial charge is 0.307 e. The van der Waals surface area contributed by atoms with Crippen molar-refractivity contribution in [3.63, 3.8) is 0 Å². The number of thiophene rings is 1. The number of esters is 1. The molecule has 0 aliphatic heterocycles. The van der Waals surface area contributed by atoms with Crippen LogP contribution in [0.4, 0.5) is 0 Å². The molecule has 0 radical (unpaired) electrons. The Kier molecular flexibility index (Phi) is 4.01. The molecule has 0 bridgehead atoms. The summed E-state index contributed by atoms with van der Waals surface area (Å²) in [5, 5.41) is 4.86. The summed E-state index contributed by atoms with van der Waals surface area (Å²) in [6.45, 7) is 1.91. The van der Waals surface area contributed by atoms with E-state index in [-0.39, 0.29) is 24.3 Å². The molecule has 1 N–H and O–H groups in total. The fourth-order valence-corrected chi connectivity index (χ4v) is 2.76. The van der Waals surface area contributed by atoms with Gasteiger partial charge in [0.2, 0.25) is 0 Å². The molecule has 1 heterocycles. The molecule has 0 aromatic carbocycles. The molecule has 1 amide bonds. The van der Waals surface area contributed by atoms with Gasteiger partial charge in [0.15, 0.2) is 0 Å². The summed E-state index contributed by atoms with van der Waals surface area (Å²) in [6.07, 6.45) is 2.41. The molecule has 1 aliphatic carbocycles. The molecule has 1 fully saturated rings. The van der Waals surface area contributed by atoms with Gasteiger partial charge in [-0.05, 0) is 42.7 Å². The summed E-state index contributed by atoms with van der Waals surface area (Å²) in [4.78, 5) is 24.1. The van der Waals surface area contributed by atoms with Crippen LogP contribution in [0.2, 0.25) is 0 Å². The third-order valence-electron chi connectivity index (χ3n) is 3.19. The van der Waals surface area contributed by atoms with Crippen molar-refractivity contribution >= 4 is 23.2 Å². The normalized spacial score (nSPS) is 16.1. The van der Waals surface area contributed by atoms with Crippen molar-refractivity contribution < 1.29 is 14.3 Å². The van der Waals surface area contributed by atoms with Gasteiger partial charge in [0.1, 0.15) is 0 Å². The number of amides is 1. The Morgan fingerprint density at radius 3 is 2.78 bits per heavy atom.